The van der Waals surface area contributed by atoms with E-state index in [1.54, 1.807) is 18.2 Å². The summed E-state index contributed by atoms with van der Waals surface area (Å²) >= 11 is 0. The Morgan fingerprint density at radius 2 is 2.00 bits per heavy atom. The number of rotatable bonds is 2. The summed E-state index contributed by atoms with van der Waals surface area (Å²) in [6.45, 7) is 0. The van der Waals surface area contributed by atoms with Crippen LogP contribution < -0.4 is 5.56 Å². The maximum absolute atomic E-state index is 11.2. The third-order valence-electron chi connectivity index (χ3n) is 2.19. The van der Waals surface area contributed by atoms with Gasteiger partial charge in [0.15, 0.2) is 0 Å². The number of hydrogen-bond donors (Lipinski definition) is 2. The molecule has 2 aromatic rings. The maximum atomic E-state index is 11.2. The van der Waals surface area contributed by atoms with Crippen LogP contribution in [0, 0.1) is 0 Å². The molecule has 0 radical (unpaired) electrons. The lowest BCUT2D eigenvalue weighted by Gasteiger charge is -2.07. The highest BCUT2D eigenvalue weighted by molar-refractivity contribution is 5.86. The van der Waals surface area contributed by atoms with Crippen LogP contribution in [0.4, 0.5) is 0 Å². The molecule has 0 aliphatic rings. The summed E-state index contributed by atoms with van der Waals surface area (Å²) in [6, 6.07) is 6.33. The largest absolute Gasteiger partial charge is 0.506 e. The zero-order valence-corrected chi connectivity index (χ0v) is 8.57. The first-order chi connectivity index (χ1) is 8.09. The fraction of sp³-hybridized carbons (Fsp3) is 0. The standard InChI is InChI=1S/C11H8N2O4/c14-9-4-2-1-3-8(9)13-5-7(11(16)17)10(15)12-6-13/h1-6,14H,(H,16,17). The van der Waals surface area contributed by atoms with Crippen molar-refractivity contribution in [2.24, 2.45) is 0 Å². The summed E-state index contributed by atoms with van der Waals surface area (Å²) in [4.78, 5) is 25.4. The molecule has 1 heterocycles. The van der Waals surface area contributed by atoms with Crippen LogP contribution in [-0.2, 0) is 0 Å². The van der Waals surface area contributed by atoms with Gasteiger partial charge in [0, 0.05) is 6.20 Å². The van der Waals surface area contributed by atoms with E-state index in [-0.39, 0.29) is 5.75 Å². The SMILES string of the molecule is O=C(O)c1cn(-c2ccccc2O)cnc1=O. The van der Waals surface area contributed by atoms with Gasteiger partial charge in [0.2, 0.25) is 0 Å². The zero-order chi connectivity index (χ0) is 12.4. The summed E-state index contributed by atoms with van der Waals surface area (Å²) in [5.41, 5.74) is -0.914. The first kappa shape index (κ1) is 10.9. The molecule has 0 saturated carbocycles. The van der Waals surface area contributed by atoms with Crippen LogP contribution in [0.3, 0.4) is 0 Å². The second-order valence-electron chi connectivity index (χ2n) is 3.29. The Bertz CT molecular complexity index is 633. The van der Waals surface area contributed by atoms with Gasteiger partial charge in [-0.2, -0.15) is 4.98 Å². The van der Waals surface area contributed by atoms with E-state index in [1.165, 1.54) is 10.6 Å². The molecule has 0 amide bonds. The summed E-state index contributed by atoms with van der Waals surface area (Å²) in [6.07, 6.45) is 2.27. The number of hydrogen-bond acceptors (Lipinski definition) is 4. The first-order valence-corrected chi connectivity index (χ1v) is 4.69. The van der Waals surface area contributed by atoms with Crippen molar-refractivity contribution in [2.75, 3.05) is 0 Å². The molecule has 0 atom stereocenters. The van der Waals surface area contributed by atoms with E-state index >= 15 is 0 Å². The van der Waals surface area contributed by atoms with Crippen LogP contribution in [0.1, 0.15) is 10.4 Å². The number of carboxylic acids is 1. The van der Waals surface area contributed by atoms with Crippen LogP contribution in [0.2, 0.25) is 0 Å². The van der Waals surface area contributed by atoms with Gasteiger partial charge >= 0.3 is 5.97 Å². The molecule has 0 spiro atoms. The molecule has 2 N–H and O–H groups in total. The molecule has 6 heteroatoms. The molecule has 0 aliphatic heterocycles. The number of aromatic nitrogens is 2. The lowest BCUT2D eigenvalue weighted by atomic mass is 10.2. The van der Waals surface area contributed by atoms with Gasteiger partial charge in [-0.05, 0) is 12.1 Å². The van der Waals surface area contributed by atoms with Gasteiger partial charge < -0.3 is 14.8 Å². The van der Waals surface area contributed by atoms with Gasteiger partial charge in [0.1, 0.15) is 17.6 Å². The number of phenolic OH excluding ortho intramolecular Hbond substituents is 1. The normalized spacial score (nSPS) is 10.1. The van der Waals surface area contributed by atoms with Crippen molar-refractivity contribution in [3.8, 4) is 11.4 Å². The molecular weight excluding hydrogens is 224 g/mol. The minimum Gasteiger partial charge on any atom is -0.506 e. The predicted octanol–water partition coefficient (Wildman–Crippen LogP) is 0.636. The molecule has 17 heavy (non-hydrogen) atoms. The highest BCUT2D eigenvalue weighted by Crippen LogP contribution is 2.19. The van der Waals surface area contributed by atoms with Gasteiger partial charge in [0.05, 0.1) is 5.69 Å². The Hall–Kier alpha value is -2.63. The maximum Gasteiger partial charge on any atom is 0.342 e. The average molecular weight is 232 g/mol. The van der Waals surface area contributed by atoms with Gasteiger partial charge in [-0.3, -0.25) is 4.79 Å². The number of carbonyl (C=O) groups is 1. The van der Waals surface area contributed by atoms with Crippen molar-refractivity contribution in [3.63, 3.8) is 0 Å². The zero-order valence-electron chi connectivity index (χ0n) is 8.57. The number of aromatic carboxylic acids is 1. The lowest BCUT2D eigenvalue weighted by Crippen LogP contribution is -2.19. The molecule has 0 aliphatic carbocycles. The van der Waals surface area contributed by atoms with Crippen LogP contribution in [0.15, 0.2) is 41.6 Å². The molecule has 0 saturated heterocycles. The topological polar surface area (TPSA) is 92.4 Å². The summed E-state index contributed by atoms with van der Waals surface area (Å²) in [5, 5.41) is 18.4. The number of nitrogens with zero attached hydrogens (tertiary/aromatic N) is 2. The minimum atomic E-state index is -1.35. The molecule has 0 unspecified atom stereocenters. The van der Waals surface area contributed by atoms with E-state index in [0.29, 0.717) is 5.69 Å². The van der Waals surface area contributed by atoms with Gasteiger partial charge in [0.25, 0.3) is 5.56 Å². The number of para-hydroxylation sites is 2. The molecule has 1 aromatic heterocycles. The van der Waals surface area contributed by atoms with Crippen molar-refractivity contribution in [3.05, 3.63) is 52.7 Å². The smallest absolute Gasteiger partial charge is 0.342 e. The average Bonchev–Trinajstić information content (AvgIpc) is 2.30. The van der Waals surface area contributed by atoms with Crippen LogP contribution >= 0.6 is 0 Å². The summed E-state index contributed by atoms with van der Waals surface area (Å²) in [7, 11) is 0. The van der Waals surface area contributed by atoms with Crippen molar-refractivity contribution < 1.29 is 15.0 Å². The van der Waals surface area contributed by atoms with E-state index in [2.05, 4.69) is 4.98 Å². The molecule has 0 fully saturated rings. The summed E-state index contributed by atoms with van der Waals surface area (Å²) < 4.78 is 1.28. The second kappa shape index (κ2) is 4.09. The number of carboxylic acid groups (broad SMARTS) is 1. The third kappa shape index (κ3) is 2.00. The molecule has 2 rings (SSSR count). The van der Waals surface area contributed by atoms with Crippen molar-refractivity contribution >= 4 is 5.97 Å². The Morgan fingerprint density at radius 1 is 1.29 bits per heavy atom. The van der Waals surface area contributed by atoms with Crippen molar-refractivity contribution in [2.45, 2.75) is 0 Å². The van der Waals surface area contributed by atoms with Gasteiger partial charge in [-0.1, -0.05) is 12.1 Å². The van der Waals surface area contributed by atoms with E-state index in [0.717, 1.165) is 12.5 Å². The number of aromatic hydroxyl groups is 1. The molecule has 6 nitrogen and oxygen atoms in total. The van der Waals surface area contributed by atoms with Crippen LogP contribution in [0.25, 0.3) is 5.69 Å². The van der Waals surface area contributed by atoms with E-state index < -0.39 is 17.1 Å². The minimum absolute atomic E-state index is 0.0331. The quantitative estimate of drug-likeness (QED) is 0.792. The second-order valence-corrected chi connectivity index (χ2v) is 3.29. The van der Waals surface area contributed by atoms with E-state index in [9.17, 15) is 14.7 Å². The van der Waals surface area contributed by atoms with Crippen LogP contribution in [-0.4, -0.2) is 25.7 Å². The fourth-order valence-electron chi connectivity index (χ4n) is 1.37. The highest BCUT2D eigenvalue weighted by atomic mass is 16.4. The monoisotopic (exact) mass is 232 g/mol. The van der Waals surface area contributed by atoms with Crippen molar-refractivity contribution in [1.82, 2.24) is 9.55 Å². The molecule has 1 aromatic carbocycles. The fourth-order valence-corrected chi connectivity index (χ4v) is 1.37. The number of benzene rings is 1. The Balaban J connectivity index is 2.62. The van der Waals surface area contributed by atoms with Gasteiger partial charge in [-0.15, -0.1) is 0 Å². The summed E-state index contributed by atoms with van der Waals surface area (Å²) in [5.74, 6) is -1.39. The Labute approximate surface area is 95.4 Å². The first-order valence-electron chi connectivity index (χ1n) is 4.69. The van der Waals surface area contributed by atoms with E-state index in [4.69, 9.17) is 5.11 Å². The van der Waals surface area contributed by atoms with Crippen LogP contribution in [0.5, 0.6) is 5.75 Å². The van der Waals surface area contributed by atoms with E-state index in [1.807, 2.05) is 0 Å². The lowest BCUT2D eigenvalue weighted by molar-refractivity contribution is 0.0694. The molecular formula is C11H8N2O4. The molecule has 86 valence electrons. The number of phenols is 1. The van der Waals surface area contributed by atoms with Gasteiger partial charge in [-0.25, -0.2) is 4.79 Å². The highest BCUT2D eigenvalue weighted by Gasteiger charge is 2.11. The molecule has 0 bridgehead atoms. The third-order valence-corrected chi connectivity index (χ3v) is 2.19. The Morgan fingerprint density at radius 3 is 2.65 bits per heavy atom. The van der Waals surface area contributed by atoms with Crippen molar-refractivity contribution in [1.29, 1.82) is 0 Å². The Kier molecular flexibility index (Phi) is 2.61. The predicted molar refractivity (Wildman–Crippen MR) is 58.5 cm³/mol.